The maximum atomic E-state index is 13.6. The smallest absolute Gasteiger partial charge is 0.254 e. The lowest BCUT2D eigenvalue weighted by Gasteiger charge is -2.48. The van der Waals surface area contributed by atoms with Crippen LogP contribution in [0, 0.1) is 0 Å². The maximum Gasteiger partial charge on any atom is 0.254 e. The minimum absolute atomic E-state index is 0.0709. The van der Waals surface area contributed by atoms with Crippen molar-refractivity contribution in [3.63, 3.8) is 0 Å². The van der Waals surface area contributed by atoms with Crippen LogP contribution in [0.5, 0.6) is 0 Å². The van der Waals surface area contributed by atoms with Crippen LogP contribution in [0.25, 0.3) is 0 Å². The van der Waals surface area contributed by atoms with Gasteiger partial charge in [0, 0.05) is 29.7 Å². The highest BCUT2D eigenvalue weighted by Gasteiger charge is 2.53. The Morgan fingerprint density at radius 1 is 1.04 bits per heavy atom. The number of hydrogen-bond donors (Lipinski definition) is 1. The first-order valence-electron chi connectivity index (χ1n) is 10.1. The largest absolute Gasteiger partial charge is 0.393 e. The molecule has 1 aromatic carbocycles. The fourth-order valence-corrected chi connectivity index (χ4v) is 5.27. The van der Waals surface area contributed by atoms with Crippen molar-refractivity contribution < 1.29 is 14.7 Å². The van der Waals surface area contributed by atoms with Crippen LogP contribution in [0.3, 0.4) is 0 Å². The van der Waals surface area contributed by atoms with Crippen LogP contribution in [0.1, 0.15) is 61.7 Å². The molecule has 4 rings (SSSR count). The van der Waals surface area contributed by atoms with E-state index < -0.39 is 5.54 Å². The lowest BCUT2D eigenvalue weighted by Crippen LogP contribution is -2.63. The zero-order valence-corrected chi connectivity index (χ0v) is 16.3. The Hall–Kier alpha value is -1.59. The molecule has 2 amide bonds. The van der Waals surface area contributed by atoms with Crippen molar-refractivity contribution in [3.05, 3.63) is 34.9 Å². The van der Waals surface area contributed by atoms with Gasteiger partial charge in [0.05, 0.1) is 6.10 Å². The number of piperidine rings is 1. The van der Waals surface area contributed by atoms with Gasteiger partial charge in [0.15, 0.2) is 0 Å². The molecule has 1 N–H and O–H groups in total. The number of amides is 2. The summed E-state index contributed by atoms with van der Waals surface area (Å²) in [5.74, 6) is 0.0494. The summed E-state index contributed by atoms with van der Waals surface area (Å²) >= 11 is 5.95. The number of carbonyl (C=O) groups is 2. The Kier molecular flexibility index (Phi) is 5.17. The summed E-state index contributed by atoms with van der Waals surface area (Å²) in [5.41, 5.74) is -0.100. The van der Waals surface area contributed by atoms with E-state index in [9.17, 15) is 14.7 Å². The third-order valence-corrected chi connectivity index (χ3v) is 6.83. The van der Waals surface area contributed by atoms with Crippen LogP contribution >= 0.6 is 11.6 Å². The number of aliphatic hydroxyl groups excluding tert-OH is 1. The van der Waals surface area contributed by atoms with Crippen LogP contribution in [-0.4, -0.2) is 57.5 Å². The molecule has 1 atom stereocenters. The first-order valence-corrected chi connectivity index (χ1v) is 10.5. The average Bonchev–Trinajstić information content (AvgIpc) is 3.09. The Morgan fingerprint density at radius 3 is 2.33 bits per heavy atom. The number of nitrogens with zero attached hydrogens (tertiary/aromatic N) is 2. The Labute approximate surface area is 165 Å². The number of hydrogen-bond acceptors (Lipinski definition) is 3. The Balaban J connectivity index is 1.57. The molecule has 2 aliphatic heterocycles. The van der Waals surface area contributed by atoms with E-state index in [1.54, 1.807) is 24.3 Å². The van der Waals surface area contributed by atoms with E-state index in [1.165, 1.54) is 0 Å². The topological polar surface area (TPSA) is 60.9 Å². The summed E-state index contributed by atoms with van der Waals surface area (Å²) in [6, 6.07) is 7.13. The van der Waals surface area contributed by atoms with E-state index in [-0.39, 0.29) is 24.0 Å². The van der Waals surface area contributed by atoms with Crippen molar-refractivity contribution in [1.82, 2.24) is 9.80 Å². The Bertz CT molecular complexity index is 715. The minimum Gasteiger partial charge on any atom is -0.393 e. The highest BCUT2D eigenvalue weighted by Crippen LogP contribution is 2.41. The first-order chi connectivity index (χ1) is 13.0. The van der Waals surface area contributed by atoms with Crippen LogP contribution in [0.15, 0.2) is 24.3 Å². The number of aliphatic hydroxyl groups is 1. The molecule has 5 nitrogen and oxygen atoms in total. The molecule has 146 valence electrons. The van der Waals surface area contributed by atoms with E-state index in [2.05, 4.69) is 0 Å². The van der Waals surface area contributed by atoms with E-state index in [4.69, 9.17) is 11.6 Å². The summed E-state index contributed by atoms with van der Waals surface area (Å²) in [7, 11) is 0. The molecular weight excluding hydrogens is 364 g/mol. The standard InChI is InChI=1S/C21H27ClN2O3/c22-16-5-3-15(4-6-16)19(26)24-14-2-12-21(24)11-1-13-23(20(21)27)17-7-9-18(25)10-8-17/h3-6,17-18,25H,1-2,7-14H2. The molecule has 1 unspecified atom stereocenters. The molecule has 6 heteroatoms. The summed E-state index contributed by atoms with van der Waals surface area (Å²) in [6.07, 6.45) is 6.28. The van der Waals surface area contributed by atoms with Crippen LogP contribution in [0.2, 0.25) is 5.02 Å². The molecule has 0 radical (unpaired) electrons. The number of halogens is 1. The zero-order chi connectivity index (χ0) is 19.0. The SMILES string of the molecule is O=C(c1ccc(Cl)cc1)N1CCCC12CCCN(C1CCC(O)CC1)C2=O. The second-order valence-corrected chi connectivity index (χ2v) is 8.60. The Morgan fingerprint density at radius 2 is 1.67 bits per heavy atom. The van der Waals surface area contributed by atoms with Crippen molar-refractivity contribution in [2.75, 3.05) is 13.1 Å². The molecule has 3 aliphatic rings. The summed E-state index contributed by atoms with van der Waals surface area (Å²) in [4.78, 5) is 30.6. The van der Waals surface area contributed by atoms with Gasteiger partial charge in [-0.25, -0.2) is 0 Å². The van der Waals surface area contributed by atoms with Gasteiger partial charge in [-0.05, 0) is 75.6 Å². The van der Waals surface area contributed by atoms with Gasteiger partial charge >= 0.3 is 0 Å². The van der Waals surface area contributed by atoms with Crippen molar-refractivity contribution in [3.8, 4) is 0 Å². The van der Waals surface area contributed by atoms with Crippen molar-refractivity contribution >= 4 is 23.4 Å². The monoisotopic (exact) mass is 390 g/mol. The molecule has 0 aromatic heterocycles. The number of benzene rings is 1. The van der Waals surface area contributed by atoms with Gasteiger partial charge in [-0.2, -0.15) is 0 Å². The van der Waals surface area contributed by atoms with Gasteiger partial charge in [0.2, 0.25) is 5.91 Å². The lowest BCUT2D eigenvalue weighted by molar-refractivity contribution is -0.149. The van der Waals surface area contributed by atoms with Gasteiger partial charge < -0.3 is 14.9 Å². The fourth-order valence-electron chi connectivity index (χ4n) is 5.14. The first kappa shape index (κ1) is 18.8. The van der Waals surface area contributed by atoms with Gasteiger partial charge in [-0.1, -0.05) is 11.6 Å². The van der Waals surface area contributed by atoms with Crippen LogP contribution < -0.4 is 0 Å². The lowest BCUT2D eigenvalue weighted by atomic mass is 9.82. The molecule has 2 heterocycles. The quantitative estimate of drug-likeness (QED) is 0.843. The van der Waals surface area contributed by atoms with Crippen molar-refractivity contribution in [1.29, 1.82) is 0 Å². The third-order valence-electron chi connectivity index (χ3n) is 6.58. The van der Waals surface area contributed by atoms with E-state index in [0.717, 1.165) is 57.9 Å². The molecular formula is C21H27ClN2O3. The normalized spacial score (nSPS) is 31.6. The van der Waals surface area contributed by atoms with E-state index in [1.807, 2.05) is 9.80 Å². The van der Waals surface area contributed by atoms with Crippen LogP contribution in [-0.2, 0) is 4.79 Å². The molecule has 1 aromatic rings. The second-order valence-electron chi connectivity index (χ2n) is 8.16. The maximum absolute atomic E-state index is 13.6. The van der Waals surface area contributed by atoms with Crippen molar-refractivity contribution in [2.45, 2.75) is 69.1 Å². The van der Waals surface area contributed by atoms with E-state index in [0.29, 0.717) is 17.1 Å². The second kappa shape index (κ2) is 7.44. The zero-order valence-electron chi connectivity index (χ0n) is 15.6. The van der Waals surface area contributed by atoms with Gasteiger partial charge in [0.1, 0.15) is 5.54 Å². The van der Waals surface area contributed by atoms with Gasteiger partial charge in [-0.3, -0.25) is 9.59 Å². The number of likely N-dealkylation sites (tertiary alicyclic amines) is 2. The minimum atomic E-state index is -0.689. The predicted molar refractivity (Wildman–Crippen MR) is 104 cm³/mol. The summed E-state index contributed by atoms with van der Waals surface area (Å²) in [6.45, 7) is 1.40. The molecule has 3 fully saturated rings. The van der Waals surface area contributed by atoms with Gasteiger partial charge in [-0.15, -0.1) is 0 Å². The molecule has 2 saturated heterocycles. The molecule has 1 aliphatic carbocycles. The highest BCUT2D eigenvalue weighted by molar-refractivity contribution is 6.30. The molecule has 1 spiro atoms. The van der Waals surface area contributed by atoms with Crippen molar-refractivity contribution in [2.24, 2.45) is 0 Å². The highest BCUT2D eigenvalue weighted by atomic mass is 35.5. The summed E-state index contributed by atoms with van der Waals surface area (Å²) < 4.78 is 0. The van der Waals surface area contributed by atoms with Crippen LogP contribution in [0.4, 0.5) is 0 Å². The predicted octanol–water partition coefficient (Wildman–Crippen LogP) is 3.24. The molecule has 1 saturated carbocycles. The number of rotatable bonds is 2. The molecule has 0 bridgehead atoms. The fraction of sp³-hybridized carbons (Fsp3) is 0.619. The summed E-state index contributed by atoms with van der Waals surface area (Å²) in [5, 5.41) is 10.4. The average molecular weight is 391 g/mol. The molecule has 27 heavy (non-hydrogen) atoms. The number of carbonyl (C=O) groups excluding carboxylic acids is 2. The van der Waals surface area contributed by atoms with E-state index >= 15 is 0 Å². The van der Waals surface area contributed by atoms with Gasteiger partial charge in [0.25, 0.3) is 5.91 Å². The third kappa shape index (κ3) is 3.36.